The summed E-state index contributed by atoms with van der Waals surface area (Å²) in [7, 11) is 0. The van der Waals surface area contributed by atoms with Crippen LogP contribution in [-0.4, -0.2) is 55.8 Å². The van der Waals surface area contributed by atoms with Crippen molar-refractivity contribution in [3.8, 4) is 56.8 Å². The topological polar surface area (TPSA) is 174 Å². The van der Waals surface area contributed by atoms with E-state index < -0.39 is 17.4 Å². The number of hydrogen-bond acceptors (Lipinski definition) is 8. The number of benzene rings is 4. The highest BCUT2D eigenvalue weighted by Crippen LogP contribution is 2.49. The Labute approximate surface area is 247 Å². The number of carboxylic acid groups (broad SMARTS) is 2. The second-order valence-electron chi connectivity index (χ2n) is 10.3. The molecule has 6 N–H and O–H groups in total. The zero-order valence-corrected chi connectivity index (χ0v) is 24.0. The molecule has 0 bridgehead atoms. The first-order valence-electron chi connectivity index (χ1n) is 13.4. The van der Waals surface area contributed by atoms with Crippen LogP contribution >= 0.6 is 0 Å². The van der Waals surface area contributed by atoms with Crippen LogP contribution in [0.15, 0.2) is 60.7 Å². The Kier molecular flexibility index (Phi) is 8.43. The Hall–Kier alpha value is -5.38. The van der Waals surface area contributed by atoms with E-state index in [1.54, 1.807) is 39.8 Å². The summed E-state index contributed by atoms with van der Waals surface area (Å²) in [6.07, 6.45) is 0. The predicted molar refractivity (Wildman–Crippen MR) is 159 cm³/mol. The lowest BCUT2D eigenvalue weighted by Crippen LogP contribution is -2.24. The molecule has 0 aliphatic heterocycles. The van der Waals surface area contributed by atoms with Crippen LogP contribution < -0.4 is 9.47 Å². The molecule has 0 saturated carbocycles. The van der Waals surface area contributed by atoms with Crippen molar-refractivity contribution >= 4 is 11.9 Å². The lowest BCUT2D eigenvalue weighted by molar-refractivity contribution is 0.0682. The van der Waals surface area contributed by atoms with Crippen LogP contribution in [0.3, 0.4) is 0 Å². The highest BCUT2D eigenvalue weighted by atomic mass is 16.5. The van der Waals surface area contributed by atoms with Gasteiger partial charge in [0.05, 0.1) is 13.2 Å². The van der Waals surface area contributed by atoms with Crippen LogP contribution in [-0.2, 0) is 5.41 Å². The predicted octanol–water partition coefficient (Wildman–Crippen LogP) is 6.36. The molecule has 0 aliphatic carbocycles. The van der Waals surface area contributed by atoms with E-state index in [1.807, 2.05) is 0 Å². The molecule has 0 spiro atoms. The number of hydrogen-bond donors (Lipinski definition) is 6. The van der Waals surface area contributed by atoms with E-state index in [0.717, 1.165) is 12.1 Å². The molecular weight excluding hydrogens is 556 g/mol. The van der Waals surface area contributed by atoms with E-state index in [0.29, 0.717) is 11.1 Å². The van der Waals surface area contributed by atoms with Crippen molar-refractivity contribution in [3.63, 3.8) is 0 Å². The molecular formula is C33H32O10. The molecule has 10 heteroatoms. The fraction of sp³-hybridized carbons (Fsp3) is 0.212. The Balaban J connectivity index is 2.18. The summed E-state index contributed by atoms with van der Waals surface area (Å²) in [4.78, 5) is 25.5. The molecule has 0 atom stereocenters. The van der Waals surface area contributed by atoms with Gasteiger partial charge in [0.2, 0.25) is 0 Å². The number of phenolic OH excluding ortho intramolecular Hbond substituents is 4. The average Bonchev–Trinajstić information content (AvgIpc) is 2.91. The van der Waals surface area contributed by atoms with Gasteiger partial charge in [-0.3, -0.25) is 0 Å². The minimum atomic E-state index is -1.32. The van der Waals surface area contributed by atoms with Gasteiger partial charge in [-0.05, 0) is 72.5 Å². The van der Waals surface area contributed by atoms with Crippen LogP contribution in [0.5, 0.6) is 34.5 Å². The van der Waals surface area contributed by atoms with Gasteiger partial charge in [-0.1, -0.05) is 26.0 Å². The van der Waals surface area contributed by atoms with Gasteiger partial charge in [-0.15, -0.1) is 0 Å². The first-order valence-corrected chi connectivity index (χ1v) is 13.4. The van der Waals surface area contributed by atoms with Gasteiger partial charge >= 0.3 is 11.9 Å². The van der Waals surface area contributed by atoms with Crippen LogP contribution in [0.25, 0.3) is 22.3 Å². The van der Waals surface area contributed by atoms with Crippen molar-refractivity contribution in [2.24, 2.45) is 0 Å². The van der Waals surface area contributed by atoms with E-state index in [1.165, 1.54) is 36.4 Å². The van der Waals surface area contributed by atoms with E-state index >= 15 is 0 Å². The SMILES string of the molecule is CCOc1ccc(C(C)(C)c2ccc(OCC)c(C(=O)O)c2-c2cc(O)cc(O)c2)c(-c2cc(O)cc(O)c2)c1C(=O)O. The monoisotopic (exact) mass is 588 g/mol. The Bertz CT molecular complexity index is 1560. The maximum absolute atomic E-state index is 12.7. The Morgan fingerprint density at radius 2 is 0.930 bits per heavy atom. The Morgan fingerprint density at radius 1 is 0.605 bits per heavy atom. The highest BCUT2D eigenvalue weighted by Gasteiger charge is 2.36. The van der Waals surface area contributed by atoms with Gasteiger partial charge in [-0.25, -0.2) is 9.59 Å². The van der Waals surface area contributed by atoms with Gasteiger partial charge in [0.15, 0.2) is 0 Å². The maximum atomic E-state index is 12.7. The standard InChI is InChI=1S/C33H32O10/c1-5-42-25-9-7-23(27(29(25)31(38)39)17-11-19(34)15-20(35)12-17)33(3,4)24-8-10-26(43-6-2)30(32(40)41)28(24)18-13-21(36)16-22(37)14-18/h7-16,34-37H,5-6H2,1-4H3,(H,38,39)(H,40,41). The first-order chi connectivity index (χ1) is 20.3. The quantitative estimate of drug-likeness (QED) is 0.122. The van der Waals surface area contributed by atoms with Crippen molar-refractivity contribution in [2.75, 3.05) is 13.2 Å². The summed E-state index contributed by atoms with van der Waals surface area (Å²) in [6, 6.07) is 13.8. The van der Waals surface area contributed by atoms with Crippen LogP contribution in [0.4, 0.5) is 0 Å². The zero-order valence-electron chi connectivity index (χ0n) is 24.0. The summed E-state index contributed by atoms with van der Waals surface area (Å²) < 4.78 is 11.3. The molecule has 4 aromatic carbocycles. The molecule has 0 amide bonds. The minimum absolute atomic E-state index is 0.0587. The molecule has 0 aromatic heterocycles. The minimum Gasteiger partial charge on any atom is -0.508 e. The number of ether oxygens (including phenoxy) is 2. The van der Waals surface area contributed by atoms with Crippen molar-refractivity contribution in [2.45, 2.75) is 33.1 Å². The van der Waals surface area contributed by atoms with Crippen molar-refractivity contribution in [1.82, 2.24) is 0 Å². The summed E-state index contributed by atoms with van der Waals surface area (Å²) >= 11 is 0. The van der Waals surface area contributed by atoms with Crippen molar-refractivity contribution in [3.05, 3.63) is 82.9 Å². The third-order valence-corrected chi connectivity index (χ3v) is 7.09. The summed E-state index contributed by atoms with van der Waals surface area (Å²) in [5, 5.41) is 62.1. The van der Waals surface area contributed by atoms with Gasteiger partial charge in [-0.2, -0.15) is 0 Å². The van der Waals surface area contributed by atoms with Crippen LogP contribution in [0.1, 0.15) is 59.5 Å². The molecule has 0 saturated heterocycles. The lowest BCUT2D eigenvalue weighted by Gasteiger charge is -2.33. The normalized spacial score (nSPS) is 11.3. The number of phenols is 4. The molecule has 0 fully saturated rings. The fourth-order valence-electron chi connectivity index (χ4n) is 5.41. The molecule has 0 aliphatic rings. The van der Waals surface area contributed by atoms with Crippen molar-refractivity contribution < 1.29 is 49.7 Å². The summed E-state index contributed by atoms with van der Waals surface area (Å²) in [5.74, 6) is -3.75. The zero-order chi connectivity index (χ0) is 31.6. The molecule has 0 radical (unpaired) electrons. The van der Waals surface area contributed by atoms with Crippen LogP contribution in [0.2, 0.25) is 0 Å². The largest absolute Gasteiger partial charge is 0.508 e. The van der Waals surface area contributed by atoms with Gasteiger partial charge in [0, 0.05) is 28.7 Å². The van der Waals surface area contributed by atoms with E-state index in [-0.39, 0.29) is 81.1 Å². The molecule has 4 rings (SSSR count). The second-order valence-corrected chi connectivity index (χ2v) is 10.3. The van der Waals surface area contributed by atoms with E-state index in [9.17, 15) is 40.2 Å². The first kappa shape index (κ1) is 30.6. The Morgan fingerprint density at radius 3 is 1.21 bits per heavy atom. The third kappa shape index (κ3) is 5.85. The number of carbonyl (C=O) groups is 2. The number of aromatic hydroxyl groups is 4. The lowest BCUT2D eigenvalue weighted by atomic mass is 9.70. The summed E-state index contributed by atoms with van der Waals surface area (Å²) in [5.41, 5.74) is -0.224. The number of rotatable bonds is 10. The molecule has 4 aromatic rings. The van der Waals surface area contributed by atoms with Gasteiger partial charge in [0.25, 0.3) is 0 Å². The molecule has 43 heavy (non-hydrogen) atoms. The van der Waals surface area contributed by atoms with Crippen molar-refractivity contribution in [1.29, 1.82) is 0 Å². The van der Waals surface area contributed by atoms with E-state index in [2.05, 4.69) is 0 Å². The molecule has 224 valence electrons. The number of carboxylic acids is 2. The fourth-order valence-corrected chi connectivity index (χ4v) is 5.41. The van der Waals surface area contributed by atoms with Gasteiger partial charge in [0.1, 0.15) is 45.6 Å². The van der Waals surface area contributed by atoms with Gasteiger partial charge < -0.3 is 40.1 Å². The van der Waals surface area contributed by atoms with Crippen LogP contribution in [0, 0.1) is 0 Å². The number of aromatic carboxylic acids is 2. The molecule has 0 heterocycles. The van der Waals surface area contributed by atoms with E-state index in [4.69, 9.17) is 9.47 Å². The summed E-state index contributed by atoms with van der Waals surface area (Å²) in [6.45, 7) is 7.25. The smallest absolute Gasteiger partial charge is 0.340 e. The molecule has 0 unspecified atom stereocenters. The maximum Gasteiger partial charge on any atom is 0.340 e. The highest BCUT2D eigenvalue weighted by molar-refractivity contribution is 6.02. The second kappa shape index (κ2) is 11.8. The third-order valence-electron chi connectivity index (χ3n) is 7.09. The average molecular weight is 589 g/mol. The molecule has 10 nitrogen and oxygen atoms in total.